The minimum Gasteiger partial charge on any atom is -0.0616 e. The molecule has 0 aliphatic heterocycles. The van der Waals surface area contributed by atoms with Gasteiger partial charge in [0.25, 0.3) is 0 Å². The van der Waals surface area contributed by atoms with Gasteiger partial charge in [-0.2, -0.15) is 0 Å². The van der Waals surface area contributed by atoms with E-state index in [1.807, 2.05) is 0 Å². The lowest BCUT2D eigenvalue weighted by Gasteiger charge is -2.15. The van der Waals surface area contributed by atoms with E-state index in [1.54, 1.807) is 0 Å². The number of halogens is 1. The molecule has 0 unspecified atom stereocenters. The Kier molecular flexibility index (Phi) is 2.80. The highest BCUT2D eigenvalue weighted by molar-refractivity contribution is 9.10. The Hall–Kier alpha value is -1.86. The maximum absolute atomic E-state index is 3.72. The highest BCUT2D eigenvalue weighted by Crippen LogP contribution is 2.38. The van der Waals surface area contributed by atoms with Gasteiger partial charge in [-0.15, -0.1) is 0 Å². The summed E-state index contributed by atoms with van der Waals surface area (Å²) in [6.07, 6.45) is 0. The molecule has 4 aromatic rings. The van der Waals surface area contributed by atoms with Crippen molar-refractivity contribution in [2.24, 2.45) is 0 Å². The number of hydrogen-bond acceptors (Lipinski definition) is 0. The topological polar surface area (TPSA) is 0 Å². The number of hydrogen-bond donors (Lipinski definition) is 0. The van der Waals surface area contributed by atoms with Gasteiger partial charge in [-0.05, 0) is 63.4 Å². The van der Waals surface area contributed by atoms with Gasteiger partial charge < -0.3 is 0 Å². The van der Waals surface area contributed by atoms with Crippen LogP contribution in [0.25, 0.3) is 32.3 Å². The van der Waals surface area contributed by atoms with E-state index < -0.39 is 0 Å². The molecule has 21 heavy (non-hydrogen) atoms. The smallest absolute Gasteiger partial charge is 0.0256 e. The van der Waals surface area contributed by atoms with Gasteiger partial charge in [-0.3, -0.25) is 0 Å². The van der Waals surface area contributed by atoms with Crippen LogP contribution in [-0.2, 0) is 0 Å². The Morgan fingerprint density at radius 2 is 1.29 bits per heavy atom. The van der Waals surface area contributed by atoms with E-state index in [4.69, 9.17) is 0 Å². The van der Waals surface area contributed by atoms with E-state index in [1.165, 1.54) is 47.9 Å². The summed E-state index contributed by atoms with van der Waals surface area (Å²) >= 11 is 3.72. The van der Waals surface area contributed by atoms with Crippen molar-refractivity contribution < 1.29 is 0 Å². The summed E-state index contributed by atoms with van der Waals surface area (Å²) in [5.41, 5.74) is 2.72. The van der Waals surface area contributed by atoms with E-state index in [9.17, 15) is 0 Å². The van der Waals surface area contributed by atoms with Crippen molar-refractivity contribution >= 4 is 48.2 Å². The summed E-state index contributed by atoms with van der Waals surface area (Å²) in [5.74, 6) is 0. The van der Waals surface area contributed by atoms with Gasteiger partial charge in [-0.25, -0.2) is 0 Å². The van der Waals surface area contributed by atoms with Gasteiger partial charge in [-0.1, -0.05) is 64.5 Å². The second kappa shape index (κ2) is 4.57. The van der Waals surface area contributed by atoms with Gasteiger partial charge in [0.2, 0.25) is 0 Å². The van der Waals surface area contributed by atoms with Gasteiger partial charge in [0, 0.05) is 4.47 Å². The highest BCUT2D eigenvalue weighted by Gasteiger charge is 2.12. The molecule has 0 aromatic heterocycles. The maximum Gasteiger partial charge on any atom is 0.0256 e. The molecule has 0 saturated heterocycles. The number of benzene rings is 4. The van der Waals surface area contributed by atoms with Crippen LogP contribution in [0.5, 0.6) is 0 Å². The van der Waals surface area contributed by atoms with Crippen LogP contribution in [0.1, 0.15) is 11.1 Å². The van der Waals surface area contributed by atoms with Gasteiger partial charge in [0.15, 0.2) is 0 Å². The molecule has 0 spiro atoms. The highest BCUT2D eigenvalue weighted by atomic mass is 79.9. The molecule has 1 heteroatoms. The molecule has 0 nitrogen and oxygen atoms in total. The Morgan fingerprint density at radius 3 is 2.14 bits per heavy atom. The third kappa shape index (κ3) is 1.74. The average Bonchev–Trinajstić information content (AvgIpc) is 2.51. The summed E-state index contributed by atoms with van der Waals surface area (Å²) in [6.45, 7) is 4.46. The van der Waals surface area contributed by atoms with Crippen LogP contribution in [0.4, 0.5) is 0 Å². The fraction of sp³-hybridized carbons (Fsp3) is 0.100. The molecule has 0 bridgehead atoms. The molecule has 102 valence electrons. The predicted octanol–water partition coefficient (Wildman–Crippen LogP) is 6.53. The van der Waals surface area contributed by atoms with Gasteiger partial charge in [0.1, 0.15) is 0 Å². The molecule has 0 atom stereocenters. The average molecular weight is 335 g/mol. The molecule has 0 aliphatic carbocycles. The lowest BCUT2D eigenvalue weighted by Crippen LogP contribution is -1.90. The monoisotopic (exact) mass is 334 g/mol. The SMILES string of the molecule is Cc1c2ccc3ccccc3c2c(C)c2cccc(Br)c12. The minimum atomic E-state index is 1.18. The van der Waals surface area contributed by atoms with Crippen molar-refractivity contribution in [2.75, 3.05) is 0 Å². The van der Waals surface area contributed by atoms with Crippen molar-refractivity contribution in [3.05, 3.63) is 70.2 Å². The van der Waals surface area contributed by atoms with Crippen LogP contribution in [0.15, 0.2) is 59.1 Å². The zero-order chi connectivity index (χ0) is 14.6. The second-order valence-corrected chi connectivity index (χ2v) is 6.48. The van der Waals surface area contributed by atoms with Crippen molar-refractivity contribution in [3.8, 4) is 0 Å². The molecule has 0 N–H and O–H groups in total. The van der Waals surface area contributed by atoms with Crippen molar-refractivity contribution in [2.45, 2.75) is 13.8 Å². The molecular formula is C20H15Br. The number of aryl methyl sites for hydroxylation is 2. The van der Waals surface area contributed by atoms with E-state index in [2.05, 4.69) is 84.4 Å². The van der Waals surface area contributed by atoms with Crippen LogP contribution < -0.4 is 0 Å². The summed E-state index contributed by atoms with van der Waals surface area (Å²) < 4.78 is 1.18. The largest absolute Gasteiger partial charge is 0.0616 e. The lowest BCUT2D eigenvalue weighted by atomic mass is 9.90. The molecule has 0 radical (unpaired) electrons. The molecular weight excluding hydrogens is 320 g/mol. The number of fused-ring (bicyclic) bond motifs is 4. The number of rotatable bonds is 0. The van der Waals surface area contributed by atoms with E-state index >= 15 is 0 Å². The van der Waals surface area contributed by atoms with Gasteiger partial charge in [0.05, 0.1) is 0 Å². The first-order valence-electron chi connectivity index (χ1n) is 7.17. The normalized spacial score (nSPS) is 11.6. The summed E-state index contributed by atoms with van der Waals surface area (Å²) in [4.78, 5) is 0. The van der Waals surface area contributed by atoms with Gasteiger partial charge >= 0.3 is 0 Å². The Morgan fingerprint density at radius 1 is 0.619 bits per heavy atom. The summed E-state index contributed by atoms with van der Waals surface area (Å²) in [7, 11) is 0. The van der Waals surface area contributed by atoms with Crippen molar-refractivity contribution in [3.63, 3.8) is 0 Å². The van der Waals surface area contributed by atoms with Crippen LogP contribution in [0.3, 0.4) is 0 Å². The molecule has 0 amide bonds. The van der Waals surface area contributed by atoms with E-state index in [0.717, 1.165) is 0 Å². The fourth-order valence-electron chi connectivity index (χ4n) is 3.48. The standard InChI is InChI=1S/C20H15Br/c1-12-15-8-5-9-18(21)20(15)13(2)16-11-10-14-6-3-4-7-17(14)19(12)16/h3-11H,1-2H3. The second-order valence-electron chi connectivity index (χ2n) is 5.62. The first-order chi connectivity index (χ1) is 10.2. The van der Waals surface area contributed by atoms with Crippen LogP contribution in [-0.4, -0.2) is 0 Å². The van der Waals surface area contributed by atoms with Crippen LogP contribution in [0.2, 0.25) is 0 Å². The predicted molar refractivity (Wildman–Crippen MR) is 96.1 cm³/mol. The molecule has 0 saturated carbocycles. The third-order valence-corrected chi connectivity index (χ3v) is 5.16. The first kappa shape index (κ1) is 12.8. The molecule has 4 rings (SSSR count). The molecule has 0 heterocycles. The maximum atomic E-state index is 3.72. The zero-order valence-corrected chi connectivity index (χ0v) is 13.7. The zero-order valence-electron chi connectivity index (χ0n) is 12.1. The van der Waals surface area contributed by atoms with Crippen molar-refractivity contribution in [1.29, 1.82) is 0 Å². The molecule has 0 fully saturated rings. The Balaban J connectivity index is 2.38. The molecule has 0 aliphatic rings. The summed E-state index contributed by atoms with van der Waals surface area (Å²) in [6, 6.07) is 19.6. The minimum absolute atomic E-state index is 1.18. The third-order valence-electron chi connectivity index (χ3n) is 4.50. The quantitative estimate of drug-likeness (QED) is 0.253. The van der Waals surface area contributed by atoms with E-state index in [-0.39, 0.29) is 0 Å². The first-order valence-corrected chi connectivity index (χ1v) is 7.96. The molecule has 4 aromatic carbocycles. The van der Waals surface area contributed by atoms with Crippen LogP contribution in [0, 0.1) is 13.8 Å². The lowest BCUT2D eigenvalue weighted by molar-refractivity contribution is 1.52. The Labute approximate surface area is 132 Å². The van der Waals surface area contributed by atoms with E-state index in [0.29, 0.717) is 0 Å². The van der Waals surface area contributed by atoms with Crippen molar-refractivity contribution in [1.82, 2.24) is 0 Å². The fourth-order valence-corrected chi connectivity index (χ4v) is 4.14. The summed E-state index contributed by atoms with van der Waals surface area (Å²) in [5, 5.41) is 8.06. The van der Waals surface area contributed by atoms with Crippen LogP contribution >= 0.6 is 15.9 Å². The Bertz CT molecular complexity index is 1010.